The van der Waals surface area contributed by atoms with Crippen LogP contribution in [0.15, 0.2) is 57.6 Å². The summed E-state index contributed by atoms with van der Waals surface area (Å²) in [6.45, 7) is 2.54. The molecule has 2 heterocycles. The van der Waals surface area contributed by atoms with E-state index in [1.807, 2.05) is 30.3 Å². The molecular formula is C21H22N2O5. The van der Waals surface area contributed by atoms with E-state index in [1.54, 1.807) is 24.0 Å². The van der Waals surface area contributed by atoms with Crippen LogP contribution in [0, 0.1) is 6.92 Å². The number of aliphatic carboxylic acids is 1. The number of furan rings is 1. The number of carboxylic acid groups (broad SMARTS) is 1. The van der Waals surface area contributed by atoms with Gasteiger partial charge in [0.2, 0.25) is 5.91 Å². The first-order valence-electron chi connectivity index (χ1n) is 9.06. The van der Waals surface area contributed by atoms with Crippen LogP contribution in [0.3, 0.4) is 0 Å². The highest BCUT2D eigenvalue weighted by atomic mass is 16.4. The van der Waals surface area contributed by atoms with Crippen LogP contribution < -0.4 is 0 Å². The van der Waals surface area contributed by atoms with Crippen LogP contribution in [0.5, 0.6) is 0 Å². The SMILES string of the molecule is Cc1oc(-c2ccco2)nc1CC(=O)N(CCCC(=O)O)Cc1ccccc1. The number of oxazole rings is 1. The zero-order valence-corrected chi connectivity index (χ0v) is 15.6. The second-order valence-corrected chi connectivity index (χ2v) is 6.47. The second-order valence-electron chi connectivity index (χ2n) is 6.47. The summed E-state index contributed by atoms with van der Waals surface area (Å²) in [4.78, 5) is 29.8. The zero-order chi connectivity index (χ0) is 19.9. The smallest absolute Gasteiger partial charge is 0.303 e. The third-order valence-electron chi connectivity index (χ3n) is 4.33. The van der Waals surface area contributed by atoms with E-state index >= 15 is 0 Å². The van der Waals surface area contributed by atoms with Gasteiger partial charge in [0.1, 0.15) is 5.76 Å². The van der Waals surface area contributed by atoms with Gasteiger partial charge in [0.15, 0.2) is 5.76 Å². The Morgan fingerprint density at radius 3 is 2.61 bits per heavy atom. The second kappa shape index (κ2) is 9.03. The first-order chi connectivity index (χ1) is 13.5. The number of aromatic nitrogens is 1. The Bertz CT molecular complexity index is 916. The minimum Gasteiger partial charge on any atom is -0.481 e. The number of rotatable bonds is 9. The standard InChI is InChI=1S/C21H22N2O5/c1-15-17(22-21(28-15)18-9-6-12-27-18)13-19(24)23(11-5-10-20(25)26)14-16-7-3-2-4-8-16/h2-4,6-9,12H,5,10-11,13-14H2,1H3,(H,25,26). The lowest BCUT2D eigenvalue weighted by Crippen LogP contribution is -2.33. The molecule has 0 aliphatic heterocycles. The van der Waals surface area contributed by atoms with E-state index in [4.69, 9.17) is 13.9 Å². The molecule has 0 saturated heterocycles. The van der Waals surface area contributed by atoms with Crippen molar-refractivity contribution in [2.45, 2.75) is 32.7 Å². The van der Waals surface area contributed by atoms with Crippen molar-refractivity contribution in [3.8, 4) is 11.7 Å². The van der Waals surface area contributed by atoms with E-state index in [2.05, 4.69) is 4.98 Å². The minimum atomic E-state index is -0.873. The Morgan fingerprint density at radius 2 is 1.93 bits per heavy atom. The van der Waals surface area contributed by atoms with E-state index in [-0.39, 0.29) is 18.7 Å². The molecule has 0 aliphatic carbocycles. The van der Waals surface area contributed by atoms with E-state index in [9.17, 15) is 9.59 Å². The maximum atomic E-state index is 12.9. The van der Waals surface area contributed by atoms with Crippen molar-refractivity contribution in [1.29, 1.82) is 0 Å². The third-order valence-corrected chi connectivity index (χ3v) is 4.33. The summed E-state index contributed by atoms with van der Waals surface area (Å²) in [5.74, 6) is 0.402. The van der Waals surface area contributed by atoms with Crippen LogP contribution in [0.1, 0.15) is 29.9 Å². The number of hydrogen-bond donors (Lipinski definition) is 1. The van der Waals surface area contributed by atoms with Gasteiger partial charge in [-0.15, -0.1) is 0 Å². The maximum Gasteiger partial charge on any atom is 0.303 e. The Kier molecular flexibility index (Phi) is 6.26. The molecule has 0 saturated carbocycles. The van der Waals surface area contributed by atoms with Gasteiger partial charge in [-0.05, 0) is 31.0 Å². The van der Waals surface area contributed by atoms with Crippen molar-refractivity contribution in [1.82, 2.24) is 9.88 Å². The van der Waals surface area contributed by atoms with Crippen molar-refractivity contribution in [3.63, 3.8) is 0 Å². The van der Waals surface area contributed by atoms with Crippen molar-refractivity contribution in [3.05, 3.63) is 65.7 Å². The van der Waals surface area contributed by atoms with Gasteiger partial charge in [0.25, 0.3) is 5.89 Å². The summed E-state index contributed by atoms with van der Waals surface area (Å²) in [7, 11) is 0. The van der Waals surface area contributed by atoms with E-state index in [0.717, 1.165) is 5.56 Å². The molecule has 28 heavy (non-hydrogen) atoms. The largest absolute Gasteiger partial charge is 0.481 e. The van der Waals surface area contributed by atoms with Gasteiger partial charge in [-0.25, -0.2) is 4.98 Å². The number of carboxylic acids is 1. The van der Waals surface area contributed by atoms with Gasteiger partial charge in [-0.2, -0.15) is 0 Å². The number of hydrogen-bond acceptors (Lipinski definition) is 5. The molecule has 146 valence electrons. The molecule has 3 rings (SSSR count). The number of benzene rings is 1. The van der Waals surface area contributed by atoms with E-state index in [1.165, 1.54) is 6.26 Å². The maximum absolute atomic E-state index is 12.9. The predicted molar refractivity (Wildman–Crippen MR) is 101 cm³/mol. The van der Waals surface area contributed by atoms with Gasteiger partial charge >= 0.3 is 5.97 Å². The molecule has 7 nitrogen and oxygen atoms in total. The van der Waals surface area contributed by atoms with Gasteiger partial charge in [-0.1, -0.05) is 30.3 Å². The molecule has 0 fully saturated rings. The van der Waals surface area contributed by atoms with Gasteiger partial charge in [0, 0.05) is 19.5 Å². The molecule has 1 amide bonds. The van der Waals surface area contributed by atoms with Crippen LogP contribution in [0.4, 0.5) is 0 Å². The number of amides is 1. The van der Waals surface area contributed by atoms with Crippen molar-refractivity contribution >= 4 is 11.9 Å². The van der Waals surface area contributed by atoms with Crippen LogP contribution >= 0.6 is 0 Å². The molecule has 0 atom stereocenters. The predicted octanol–water partition coefficient (Wildman–Crippen LogP) is 3.68. The average Bonchev–Trinajstić information content (AvgIpc) is 3.32. The fraction of sp³-hybridized carbons (Fsp3) is 0.286. The summed E-state index contributed by atoms with van der Waals surface area (Å²) >= 11 is 0. The topological polar surface area (TPSA) is 96.8 Å². The monoisotopic (exact) mass is 382 g/mol. The van der Waals surface area contributed by atoms with Crippen LogP contribution in [-0.2, 0) is 22.6 Å². The number of aryl methyl sites for hydroxylation is 1. The first kappa shape index (κ1) is 19.4. The Labute approximate surface area is 162 Å². The van der Waals surface area contributed by atoms with Crippen molar-refractivity contribution in [2.24, 2.45) is 0 Å². The van der Waals surface area contributed by atoms with Crippen molar-refractivity contribution < 1.29 is 23.5 Å². The molecule has 0 bridgehead atoms. The molecule has 0 aliphatic rings. The zero-order valence-electron chi connectivity index (χ0n) is 15.6. The van der Waals surface area contributed by atoms with E-state index in [0.29, 0.717) is 42.6 Å². The normalized spacial score (nSPS) is 10.8. The number of nitrogens with zero attached hydrogens (tertiary/aromatic N) is 2. The molecule has 1 aromatic carbocycles. The highest BCUT2D eigenvalue weighted by Gasteiger charge is 2.20. The quantitative estimate of drug-likeness (QED) is 0.606. The highest BCUT2D eigenvalue weighted by molar-refractivity contribution is 5.78. The first-order valence-corrected chi connectivity index (χ1v) is 9.06. The lowest BCUT2D eigenvalue weighted by atomic mass is 10.1. The molecule has 7 heteroatoms. The lowest BCUT2D eigenvalue weighted by Gasteiger charge is -2.22. The molecular weight excluding hydrogens is 360 g/mol. The Hall–Kier alpha value is -3.35. The summed E-state index contributed by atoms with van der Waals surface area (Å²) in [6, 6.07) is 13.1. The Morgan fingerprint density at radius 1 is 1.14 bits per heavy atom. The highest BCUT2D eigenvalue weighted by Crippen LogP contribution is 2.22. The van der Waals surface area contributed by atoms with Crippen LogP contribution in [0.25, 0.3) is 11.7 Å². The summed E-state index contributed by atoms with van der Waals surface area (Å²) in [5.41, 5.74) is 1.53. The fourth-order valence-corrected chi connectivity index (χ4v) is 2.87. The third kappa shape index (κ3) is 5.09. The molecule has 0 spiro atoms. The average molecular weight is 382 g/mol. The van der Waals surface area contributed by atoms with Gasteiger partial charge in [-0.3, -0.25) is 9.59 Å². The van der Waals surface area contributed by atoms with Gasteiger partial charge in [0.05, 0.1) is 18.4 Å². The Balaban J connectivity index is 1.72. The molecule has 1 N–H and O–H groups in total. The van der Waals surface area contributed by atoms with Crippen molar-refractivity contribution in [2.75, 3.05) is 6.54 Å². The van der Waals surface area contributed by atoms with Crippen LogP contribution in [0.2, 0.25) is 0 Å². The summed E-state index contributed by atoms with van der Waals surface area (Å²) < 4.78 is 10.9. The van der Waals surface area contributed by atoms with E-state index < -0.39 is 5.97 Å². The molecule has 0 radical (unpaired) electrons. The summed E-state index contributed by atoms with van der Waals surface area (Å²) in [5, 5.41) is 8.88. The number of carbonyl (C=O) groups excluding carboxylic acids is 1. The summed E-state index contributed by atoms with van der Waals surface area (Å²) in [6.07, 6.45) is 2.02. The number of carbonyl (C=O) groups is 2. The molecule has 2 aromatic heterocycles. The fourth-order valence-electron chi connectivity index (χ4n) is 2.87. The molecule has 3 aromatic rings. The lowest BCUT2D eigenvalue weighted by molar-refractivity contribution is -0.138. The van der Waals surface area contributed by atoms with Crippen LogP contribution in [-0.4, -0.2) is 33.4 Å². The van der Waals surface area contributed by atoms with Gasteiger partial charge < -0.3 is 18.8 Å². The minimum absolute atomic E-state index is 0.0181. The molecule has 0 unspecified atom stereocenters.